The lowest BCUT2D eigenvalue weighted by atomic mass is 10.0. The van der Waals surface area contributed by atoms with E-state index in [9.17, 15) is 14.0 Å². The van der Waals surface area contributed by atoms with Crippen LogP contribution >= 0.6 is 0 Å². The van der Waals surface area contributed by atoms with Gasteiger partial charge < -0.3 is 10.1 Å². The van der Waals surface area contributed by atoms with E-state index in [0.29, 0.717) is 23.4 Å². The second-order valence-electron chi connectivity index (χ2n) is 6.93. The number of hydrogen-bond acceptors (Lipinski definition) is 4. The molecule has 0 unspecified atom stereocenters. The molecule has 0 radical (unpaired) electrons. The van der Waals surface area contributed by atoms with Crippen LogP contribution in [0.15, 0.2) is 65.8 Å². The molecule has 0 aliphatic carbocycles. The molecule has 0 bridgehead atoms. The summed E-state index contributed by atoms with van der Waals surface area (Å²) in [6, 6.07) is 17.5. The molecule has 0 aliphatic heterocycles. The quantitative estimate of drug-likeness (QED) is 0.250. The van der Waals surface area contributed by atoms with Crippen LogP contribution in [0.25, 0.3) is 10.8 Å². The Kier molecular flexibility index (Phi) is 7.70. The summed E-state index contributed by atoms with van der Waals surface area (Å²) in [6.45, 7) is 2.60. The number of halogens is 1. The van der Waals surface area contributed by atoms with Crippen molar-refractivity contribution < 1.29 is 18.7 Å². The third-order valence-corrected chi connectivity index (χ3v) is 4.60. The number of carbonyl (C=O) groups is 2. The van der Waals surface area contributed by atoms with Crippen molar-refractivity contribution in [2.24, 2.45) is 5.10 Å². The fourth-order valence-electron chi connectivity index (χ4n) is 2.99. The van der Waals surface area contributed by atoms with Crippen LogP contribution < -0.4 is 15.5 Å². The van der Waals surface area contributed by atoms with Gasteiger partial charge in [0.25, 0.3) is 0 Å². The predicted octanol–water partition coefficient (Wildman–Crippen LogP) is 3.92. The molecule has 0 fully saturated rings. The molecule has 2 amide bonds. The molecule has 31 heavy (non-hydrogen) atoms. The van der Waals surface area contributed by atoms with Crippen molar-refractivity contribution >= 4 is 28.8 Å². The molecule has 0 heterocycles. The highest BCUT2D eigenvalue weighted by Crippen LogP contribution is 2.27. The average Bonchev–Trinajstić information content (AvgIpc) is 2.78. The summed E-state index contributed by atoms with van der Waals surface area (Å²) in [7, 11) is 0. The van der Waals surface area contributed by atoms with Crippen LogP contribution in [-0.4, -0.2) is 24.6 Å². The van der Waals surface area contributed by atoms with Gasteiger partial charge in [-0.1, -0.05) is 55.8 Å². The number of hydrogen-bond donors (Lipinski definition) is 2. The molecule has 3 rings (SSSR count). The van der Waals surface area contributed by atoms with E-state index in [1.165, 1.54) is 18.3 Å². The SMILES string of the molecule is CCCCNC(=O)C(=O)N/N=C\c1c(OCc2cccc(F)c2)ccc2ccccc12. The Hall–Kier alpha value is -3.74. The van der Waals surface area contributed by atoms with Crippen molar-refractivity contribution in [3.63, 3.8) is 0 Å². The van der Waals surface area contributed by atoms with E-state index in [1.807, 2.05) is 37.3 Å². The minimum absolute atomic E-state index is 0.170. The maximum atomic E-state index is 13.4. The minimum Gasteiger partial charge on any atom is -0.488 e. The lowest BCUT2D eigenvalue weighted by Gasteiger charge is -2.12. The number of benzene rings is 3. The third-order valence-electron chi connectivity index (χ3n) is 4.60. The molecule has 3 aromatic rings. The lowest BCUT2D eigenvalue weighted by Crippen LogP contribution is -2.38. The van der Waals surface area contributed by atoms with Crippen molar-refractivity contribution in [3.8, 4) is 5.75 Å². The predicted molar refractivity (Wildman–Crippen MR) is 118 cm³/mol. The Morgan fingerprint density at radius 2 is 1.90 bits per heavy atom. The second kappa shape index (κ2) is 10.9. The first kappa shape index (κ1) is 22.0. The van der Waals surface area contributed by atoms with Crippen molar-refractivity contribution in [1.82, 2.24) is 10.7 Å². The standard InChI is InChI=1S/C24H24FN3O3/c1-2-3-13-26-23(29)24(30)28-27-15-21-20-10-5-4-8-18(20)11-12-22(21)31-16-17-7-6-9-19(25)14-17/h4-12,14-15H,2-3,13,16H2,1H3,(H,26,29)(H,28,30)/b27-15-. The Morgan fingerprint density at radius 1 is 1.06 bits per heavy atom. The van der Waals surface area contributed by atoms with E-state index in [2.05, 4.69) is 15.8 Å². The number of hydrazone groups is 1. The number of unbranched alkanes of at least 4 members (excludes halogenated alkanes) is 1. The van der Waals surface area contributed by atoms with Crippen molar-refractivity contribution in [1.29, 1.82) is 0 Å². The van der Waals surface area contributed by atoms with E-state index in [-0.39, 0.29) is 12.4 Å². The lowest BCUT2D eigenvalue weighted by molar-refractivity contribution is -0.139. The Labute approximate surface area is 180 Å². The van der Waals surface area contributed by atoms with Gasteiger partial charge in [-0.05, 0) is 41.0 Å². The fourth-order valence-corrected chi connectivity index (χ4v) is 2.99. The molecular weight excluding hydrogens is 397 g/mol. The highest BCUT2D eigenvalue weighted by Gasteiger charge is 2.12. The molecule has 7 heteroatoms. The summed E-state index contributed by atoms with van der Waals surface area (Å²) in [5, 5.41) is 8.31. The summed E-state index contributed by atoms with van der Waals surface area (Å²) >= 11 is 0. The van der Waals surface area contributed by atoms with Gasteiger partial charge in [0.1, 0.15) is 18.2 Å². The van der Waals surface area contributed by atoms with Gasteiger partial charge in [0, 0.05) is 12.1 Å². The Morgan fingerprint density at radius 3 is 2.71 bits per heavy atom. The average molecular weight is 421 g/mol. The van der Waals surface area contributed by atoms with Gasteiger partial charge in [0.2, 0.25) is 0 Å². The summed E-state index contributed by atoms with van der Waals surface area (Å²) in [4.78, 5) is 23.7. The van der Waals surface area contributed by atoms with E-state index < -0.39 is 11.8 Å². The molecule has 3 aromatic carbocycles. The number of amides is 2. The van der Waals surface area contributed by atoms with E-state index in [0.717, 1.165) is 23.6 Å². The van der Waals surface area contributed by atoms with Gasteiger partial charge in [0.05, 0.1) is 6.21 Å². The first-order valence-electron chi connectivity index (χ1n) is 10.1. The highest BCUT2D eigenvalue weighted by atomic mass is 19.1. The van der Waals surface area contributed by atoms with Gasteiger partial charge in [-0.3, -0.25) is 9.59 Å². The molecular formula is C24H24FN3O3. The van der Waals surface area contributed by atoms with Crippen LogP contribution in [0.1, 0.15) is 30.9 Å². The van der Waals surface area contributed by atoms with Gasteiger partial charge in [-0.2, -0.15) is 5.10 Å². The molecule has 0 aromatic heterocycles. The zero-order valence-corrected chi connectivity index (χ0v) is 17.2. The molecule has 0 atom stereocenters. The third kappa shape index (κ3) is 6.12. The normalized spacial score (nSPS) is 10.9. The summed E-state index contributed by atoms with van der Waals surface area (Å²) in [6.07, 6.45) is 3.16. The van der Waals surface area contributed by atoms with E-state index >= 15 is 0 Å². The van der Waals surface area contributed by atoms with Crippen LogP contribution in [0, 0.1) is 5.82 Å². The van der Waals surface area contributed by atoms with Crippen LogP contribution in [-0.2, 0) is 16.2 Å². The Bertz CT molecular complexity index is 1100. The van der Waals surface area contributed by atoms with Crippen molar-refractivity contribution in [3.05, 3.63) is 77.6 Å². The first-order chi connectivity index (χ1) is 15.1. The second-order valence-corrected chi connectivity index (χ2v) is 6.93. The number of nitrogens with zero attached hydrogens (tertiary/aromatic N) is 1. The zero-order valence-electron chi connectivity index (χ0n) is 17.2. The van der Waals surface area contributed by atoms with Gasteiger partial charge in [0.15, 0.2) is 0 Å². The number of fused-ring (bicyclic) bond motifs is 1. The number of rotatable bonds is 8. The molecule has 0 aliphatic rings. The monoisotopic (exact) mass is 421 g/mol. The molecule has 0 spiro atoms. The maximum Gasteiger partial charge on any atom is 0.329 e. The van der Waals surface area contributed by atoms with Crippen molar-refractivity contribution in [2.75, 3.05) is 6.54 Å². The fraction of sp³-hybridized carbons (Fsp3) is 0.208. The largest absolute Gasteiger partial charge is 0.488 e. The van der Waals surface area contributed by atoms with Crippen LogP contribution in [0.4, 0.5) is 4.39 Å². The number of nitrogens with one attached hydrogen (secondary N) is 2. The minimum atomic E-state index is -0.838. The smallest absolute Gasteiger partial charge is 0.329 e. The highest BCUT2D eigenvalue weighted by molar-refractivity contribution is 6.35. The Balaban J connectivity index is 1.77. The van der Waals surface area contributed by atoms with Gasteiger partial charge in [-0.25, -0.2) is 9.82 Å². The van der Waals surface area contributed by atoms with E-state index in [1.54, 1.807) is 18.2 Å². The maximum absolute atomic E-state index is 13.4. The molecule has 6 nitrogen and oxygen atoms in total. The zero-order chi connectivity index (χ0) is 22.1. The first-order valence-corrected chi connectivity index (χ1v) is 10.1. The van der Waals surface area contributed by atoms with Crippen LogP contribution in [0.2, 0.25) is 0 Å². The van der Waals surface area contributed by atoms with Gasteiger partial charge >= 0.3 is 11.8 Å². The summed E-state index contributed by atoms with van der Waals surface area (Å²) in [5.74, 6) is -1.38. The van der Waals surface area contributed by atoms with Gasteiger partial charge in [-0.15, -0.1) is 0 Å². The van der Waals surface area contributed by atoms with Crippen LogP contribution in [0.5, 0.6) is 5.75 Å². The van der Waals surface area contributed by atoms with Crippen LogP contribution in [0.3, 0.4) is 0 Å². The topological polar surface area (TPSA) is 79.8 Å². The summed E-state index contributed by atoms with van der Waals surface area (Å²) < 4.78 is 19.3. The number of carbonyl (C=O) groups excluding carboxylic acids is 2. The molecule has 160 valence electrons. The van der Waals surface area contributed by atoms with E-state index in [4.69, 9.17) is 4.74 Å². The summed E-state index contributed by atoms with van der Waals surface area (Å²) in [5.41, 5.74) is 3.57. The number of ether oxygens (including phenoxy) is 1. The van der Waals surface area contributed by atoms with Crippen molar-refractivity contribution in [2.45, 2.75) is 26.4 Å². The molecule has 2 N–H and O–H groups in total. The molecule has 0 saturated heterocycles. The molecule has 0 saturated carbocycles.